The molecule has 0 aliphatic carbocycles. The van der Waals surface area contributed by atoms with E-state index in [0.29, 0.717) is 5.69 Å². The highest BCUT2D eigenvalue weighted by molar-refractivity contribution is 7.21. The number of imide groups is 1. The highest BCUT2D eigenvalue weighted by atomic mass is 32.1. The Morgan fingerprint density at radius 3 is 2.48 bits per heavy atom. The maximum atomic E-state index is 12.9. The van der Waals surface area contributed by atoms with Gasteiger partial charge in [-0.2, -0.15) is 0 Å². The van der Waals surface area contributed by atoms with E-state index in [1.807, 2.05) is 60.7 Å². The van der Waals surface area contributed by atoms with Gasteiger partial charge in [0.1, 0.15) is 5.01 Å². The van der Waals surface area contributed by atoms with Crippen LogP contribution >= 0.6 is 11.3 Å². The topological polar surface area (TPSA) is 50.3 Å². The zero-order chi connectivity index (χ0) is 20.0. The van der Waals surface area contributed by atoms with Crippen LogP contribution in [0, 0.1) is 6.92 Å². The second kappa shape index (κ2) is 6.94. The fraction of sp³-hybridized carbons (Fsp3) is 0.125. The molecule has 1 fully saturated rings. The number of carbonyl (C=O) groups is 2. The van der Waals surface area contributed by atoms with E-state index in [1.54, 1.807) is 11.3 Å². The summed E-state index contributed by atoms with van der Waals surface area (Å²) in [6.07, 6.45) is 0.210. The first-order chi connectivity index (χ1) is 14.1. The average Bonchev–Trinajstić information content (AvgIpc) is 3.29. The number of fused-ring (bicyclic) bond motifs is 1. The van der Waals surface area contributed by atoms with Crippen LogP contribution in [0.5, 0.6) is 0 Å². The number of nitrogens with zero attached hydrogens (tertiary/aromatic N) is 2. The third kappa shape index (κ3) is 3.13. The maximum absolute atomic E-state index is 12.9. The SMILES string of the molecule is Cc1ccc2nc(-c3ccc(N4C(=O)C[C@@H](c5ccccc5)C4=O)cc3)sc2c1. The van der Waals surface area contributed by atoms with Gasteiger partial charge in [-0.25, -0.2) is 4.98 Å². The zero-order valence-corrected chi connectivity index (χ0v) is 16.6. The molecule has 3 aromatic carbocycles. The molecule has 4 nitrogen and oxygen atoms in total. The van der Waals surface area contributed by atoms with E-state index in [1.165, 1.54) is 10.5 Å². The van der Waals surface area contributed by atoms with Crippen LogP contribution in [-0.4, -0.2) is 16.8 Å². The highest BCUT2D eigenvalue weighted by Gasteiger charge is 2.40. The van der Waals surface area contributed by atoms with Crippen molar-refractivity contribution in [1.29, 1.82) is 0 Å². The number of carbonyl (C=O) groups excluding carboxylic acids is 2. The number of benzene rings is 3. The molecular weight excluding hydrogens is 380 g/mol. The lowest BCUT2D eigenvalue weighted by atomic mass is 9.98. The van der Waals surface area contributed by atoms with E-state index < -0.39 is 5.92 Å². The number of aromatic nitrogens is 1. The molecule has 0 N–H and O–H groups in total. The summed E-state index contributed by atoms with van der Waals surface area (Å²) in [5, 5.41) is 0.929. The van der Waals surface area contributed by atoms with Gasteiger partial charge in [-0.3, -0.25) is 14.5 Å². The lowest BCUT2D eigenvalue weighted by molar-refractivity contribution is -0.121. The molecule has 0 radical (unpaired) electrons. The number of rotatable bonds is 3. The summed E-state index contributed by atoms with van der Waals surface area (Å²) in [5.74, 6) is -0.729. The van der Waals surface area contributed by atoms with Crippen molar-refractivity contribution >= 4 is 39.1 Å². The van der Waals surface area contributed by atoms with Crippen LogP contribution in [0.3, 0.4) is 0 Å². The van der Waals surface area contributed by atoms with E-state index in [0.717, 1.165) is 26.4 Å². The molecule has 1 atom stereocenters. The van der Waals surface area contributed by atoms with Crippen molar-refractivity contribution in [2.45, 2.75) is 19.3 Å². The molecule has 2 heterocycles. The molecule has 0 bridgehead atoms. The minimum Gasteiger partial charge on any atom is -0.274 e. The zero-order valence-electron chi connectivity index (χ0n) is 15.8. The molecule has 1 aliphatic rings. The molecule has 4 aromatic rings. The maximum Gasteiger partial charge on any atom is 0.241 e. The minimum absolute atomic E-state index is 0.160. The fourth-order valence-corrected chi connectivity index (χ4v) is 4.83. The van der Waals surface area contributed by atoms with Crippen molar-refractivity contribution in [3.63, 3.8) is 0 Å². The van der Waals surface area contributed by atoms with E-state index in [-0.39, 0.29) is 18.2 Å². The summed E-state index contributed by atoms with van der Waals surface area (Å²) in [5.41, 5.74) is 4.66. The fourth-order valence-electron chi connectivity index (χ4n) is 3.76. The highest BCUT2D eigenvalue weighted by Crippen LogP contribution is 2.35. The molecule has 142 valence electrons. The van der Waals surface area contributed by atoms with E-state index in [2.05, 4.69) is 19.1 Å². The van der Waals surface area contributed by atoms with E-state index in [9.17, 15) is 9.59 Å². The van der Waals surface area contributed by atoms with Gasteiger partial charge >= 0.3 is 0 Å². The quantitative estimate of drug-likeness (QED) is 0.439. The van der Waals surface area contributed by atoms with Crippen molar-refractivity contribution in [1.82, 2.24) is 4.98 Å². The lowest BCUT2D eigenvalue weighted by Crippen LogP contribution is -2.29. The molecule has 0 saturated carbocycles. The van der Waals surface area contributed by atoms with Crippen molar-refractivity contribution in [2.75, 3.05) is 4.90 Å². The number of anilines is 1. The van der Waals surface area contributed by atoms with Crippen molar-refractivity contribution in [3.05, 3.63) is 83.9 Å². The van der Waals surface area contributed by atoms with Crippen LogP contribution in [-0.2, 0) is 9.59 Å². The summed E-state index contributed by atoms with van der Waals surface area (Å²) in [6, 6.07) is 23.2. The molecule has 0 unspecified atom stereocenters. The van der Waals surface area contributed by atoms with Crippen molar-refractivity contribution < 1.29 is 9.59 Å². The number of hydrogen-bond donors (Lipinski definition) is 0. The Kier molecular flexibility index (Phi) is 4.25. The summed E-state index contributed by atoms with van der Waals surface area (Å²) in [6.45, 7) is 2.07. The summed E-state index contributed by atoms with van der Waals surface area (Å²) >= 11 is 1.64. The molecular formula is C24H18N2O2S. The summed E-state index contributed by atoms with van der Waals surface area (Å²) in [4.78, 5) is 31.5. The Hall–Kier alpha value is -3.31. The first-order valence-corrected chi connectivity index (χ1v) is 10.3. The van der Waals surface area contributed by atoms with Gasteiger partial charge in [-0.05, 0) is 54.4 Å². The van der Waals surface area contributed by atoms with Gasteiger partial charge in [-0.1, -0.05) is 36.4 Å². The van der Waals surface area contributed by atoms with E-state index in [4.69, 9.17) is 4.98 Å². The Morgan fingerprint density at radius 1 is 0.966 bits per heavy atom. The third-order valence-corrected chi connectivity index (χ3v) is 6.33. The molecule has 29 heavy (non-hydrogen) atoms. The molecule has 1 aliphatic heterocycles. The molecule has 5 rings (SSSR count). The smallest absolute Gasteiger partial charge is 0.241 e. The van der Waals surface area contributed by atoms with Crippen molar-refractivity contribution in [3.8, 4) is 10.6 Å². The first-order valence-electron chi connectivity index (χ1n) is 9.49. The third-order valence-electron chi connectivity index (χ3n) is 5.26. The van der Waals surface area contributed by atoms with Gasteiger partial charge in [0, 0.05) is 12.0 Å². The molecule has 0 spiro atoms. The number of amides is 2. The van der Waals surface area contributed by atoms with Crippen LogP contribution in [0.2, 0.25) is 0 Å². The summed E-state index contributed by atoms with van der Waals surface area (Å²) < 4.78 is 1.15. The number of thiazole rings is 1. The average molecular weight is 398 g/mol. The van der Waals surface area contributed by atoms with Crippen LogP contribution < -0.4 is 4.90 Å². The lowest BCUT2D eigenvalue weighted by Gasteiger charge is -2.15. The monoisotopic (exact) mass is 398 g/mol. The van der Waals surface area contributed by atoms with E-state index >= 15 is 0 Å². The minimum atomic E-state index is -0.407. The Bertz CT molecular complexity index is 1230. The Balaban J connectivity index is 1.43. The summed E-state index contributed by atoms with van der Waals surface area (Å²) in [7, 11) is 0. The standard InChI is InChI=1S/C24H18N2O2S/c1-15-7-12-20-21(13-15)29-23(25-20)17-8-10-18(11-9-17)26-22(27)14-19(24(26)28)16-5-3-2-4-6-16/h2-13,19H,14H2,1H3/t19-/m0/s1. The Labute approximate surface area is 172 Å². The van der Waals surface area contributed by atoms with Gasteiger partial charge in [0.05, 0.1) is 21.8 Å². The van der Waals surface area contributed by atoms with Gasteiger partial charge in [-0.15, -0.1) is 11.3 Å². The molecule has 1 saturated heterocycles. The predicted molar refractivity (Wildman–Crippen MR) is 116 cm³/mol. The van der Waals surface area contributed by atoms with Gasteiger partial charge in [0.25, 0.3) is 0 Å². The number of aryl methyl sites for hydroxylation is 1. The van der Waals surface area contributed by atoms with Crippen molar-refractivity contribution in [2.24, 2.45) is 0 Å². The normalized spacial score (nSPS) is 16.7. The molecule has 2 amide bonds. The molecule has 5 heteroatoms. The van der Waals surface area contributed by atoms with Crippen LogP contribution in [0.4, 0.5) is 5.69 Å². The first kappa shape index (κ1) is 17.8. The van der Waals surface area contributed by atoms with Crippen LogP contribution in [0.1, 0.15) is 23.5 Å². The molecule has 1 aromatic heterocycles. The predicted octanol–water partition coefficient (Wildman–Crippen LogP) is 5.32. The van der Waals surface area contributed by atoms with Gasteiger partial charge < -0.3 is 0 Å². The largest absolute Gasteiger partial charge is 0.274 e. The van der Waals surface area contributed by atoms with Crippen LogP contribution in [0.25, 0.3) is 20.8 Å². The Morgan fingerprint density at radius 2 is 1.72 bits per heavy atom. The second-order valence-corrected chi connectivity index (χ2v) is 8.30. The second-order valence-electron chi connectivity index (χ2n) is 7.27. The van der Waals surface area contributed by atoms with Gasteiger partial charge in [0.15, 0.2) is 0 Å². The van der Waals surface area contributed by atoms with Crippen LogP contribution in [0.15, 0.2) is 72.8 Å². The van der Waals surface area contributed by atoms with Gasteiger partial charge in [0.2, 0.25) is 11.8 Å². The number of hydrogen-bond acceptors (Lipinski definition) is 4.